The minimum Gasteiger partial charge on any atom is -0.326 e. The van der Waals surface area contributed by atoms with Gasteiger partial charge < -0.3 is 11.1 Å². The fourth-order valence-electron chi connectivity index (χ4n) is 2.35. The van der Waals surface area contributed by atoms with Crippen LogP contribution in [0.4, 0.5) is 0 Å². The Morgan fingerprint density at radius 2 is 2.00 bits per heavy atom. The van der Waals surface area contributed by atoms with Gasteiger partial charge in [-0.2, -0.15) is 0 Å². The molecule has 0 amide bonds. The highest BCUT2D eigenvalue weighted by molar-refractivity contribution is 5.18. The molecule has 0 heterocycles. The number of hydrogen-bond donors (Lipinski definition) is 2. The van der Waals surface area contributed by atoms with E-state index in [1.807, 2.05) is 0 Å². The van der Waals surface area contributed by atoms with Crippen LogP contribution in [0.3, 0.4) is 0 Å². The Labute approximate surface area is 91.9 Å². The molecule has 1 aliphatic carbocycles. The first-order chi connectivity index (χ1) is 7.27. The van der Waals surface area contributed by atoms with Crippen molar-refractivity contribution in [2.75, 3.05) is 0 Å². The van der Waals surface area contributed by atoms with E-state index in [1.165, 1.54) is 24.8 Å². The minimum atomic E-state index is 0.344. The van der Waals surface area contributed by atoms with Crippen molar-refractivity contribution in [3.63, 3.8) is 0 Å². The highest BCUT2D eigenvalue weighted by atomic mass is 15.0. The van der Waals surface area contributed by atoms with Gasteiger partial charge in [0, 0.05) is 18.1 Å². The van der Waals surface area contributed by atoms with Crippen molar-refractivity contribution in [3.8, 4) is 0 Å². The van der Waals surface area contributed by atoms with Gasteiger partial charge in [0.2, 0.25) is 0 Å². The Morgan fingerprint density at radius 1 is 1.27 bits per heavy atom. The van der Waals surface area contributed by atoms with Gasteiger partial charge in [0.15, 0.2) is 0 Å². The Balaban J connectivity index is 1.95. The second-order valence-electron chi connectivity index (χ2n) is 4.50. The summed E-state index contributed by atoms with van der Waals surface area (Å²) in [6.07, 6.45) is 3.65. The summed E-state index contributed by atoms with van der Waals surface area (Å²) in [6, 6.07) is 11.8. The van der Waals surface area contributed by atoms with Crippen molar-refractivity contribution in [2.45, 2.75) is 44.3 Å². The number of benzene rings is 1. The van der Waals surface area contributed by atoms with E-state index < -0.39 is 0 Å². The molecular weight excluding hydrogens is 184 g/mol. The van der Waals surface area contributed by atoms with E-state index in [2.05, 4.69) is 42.6 Å². The molecule has 1 saturated carbocycles. The van der Waals surface area contributed by atoms with Crippen molar-refractivity contribution < 1.29 is 0 Å². The smallest absolute Gasteiger partial charge is 0.0294 e. The molecule has 2 heteroatoms. The molecule has 0 unspecified atom stereocenters. The maximum Gasteiger partial charge on any atom is 0.0294 e. The monoisotopic (exact) mass is 204 g/mol. The molecule has 0 saturated heterocycles. The minimum absolute atomic E-state index is 0.344. The van der Waals surface area contributed by atoms with Gasteiger partial charge in [-0.05, 0) is 25.3 Å². The standard InChI is InChI=1S/C13H20N2/c1-10(11-6-3-2-4-7-11)15-13-9-5-8-12(13)14/h2-4,6-7,10,12-13,15H,5,8-9,14H2,1H3/t10-,12+,13-/m0/s1. The van der Waals surface area contributed by atoms with Gasteiger partial charge in [0.1, 0.15) is 0 Å². The molecule has 0 aliphatic heterocycles. The van der Waals surface area contributed by atoms with Gasteiger partial charge in [-0.1, -0.05) is 36.8 Å². The van der Waals surface area contributed by atoms with E-state index >= 15 is 0 Å². The molecule has 1 aromatic rings. The van der Waals surface area contributed by atoms with Crippen LogP contribution in [0.2, 0.25) is 0 Å². The number of rotatable bonds is 3. The van der Waals surface area contributed by atoms with Crippen LogP contribution in [0.1, 0.15) is 37.8 Å². The van der Waals surface area contributed by atoms with Crippen LogP contribution in [0, 0.1) is 0 Å². The first-order valence-electron chi connectivity index (χ1n) is 5.84. The lowest BCUT2D eigenvalue weighted by atomic mass is 10.1. The van der Waals surface area contributed by atoms with Gasteiger partial charge >= 0.3 is 0 Å². The summed E-state index contributed by atoms with van der Waals surface area (Å²) < 4.78 is 0. The lowest BCUT2D eigenvalue weighted by molar-refractivity contribution is 0.427. The van der Waals surface area contributed by atoms with E-state index in [-0.39, 0.29) is 0 Å². The summed E-state index contributed by atoms with van der Waals surface area (Å²) in [5.41, 5.74) is 7.39. The molecule has 2 rings (SSSR count). The zero-order valence-electron chi connectivity index (χ0n) is 9.32. The second kappa shape index (κ2) is 4.77. The third kappa shape index (κ3) is 2.58. The molecule has 0 aromatic heterocycles. The van der Waals surface area contributed by atoms with Crippen LogP contribution < -0.4 is 11.1 Å². The van der Waals surface area contributed by atoms with Crippen LogP contribution in [-0.2, 0) is 0 Å². The zero-order chi connectivity index (χ0) is 10.7. The van der Waals surface area contributed by atoms with E-state index in [4.69, 9.17) is 5.73 Å². The zero-order valence-corrected chi connectivity index (χ0v) is 9.32. The van der Waals surface area contributed by atoms with Crippen LogP contribution in [0.5, 0.6) is 0 Å². The predicted molar refractivity (Wildman–Crippen MR) is 63.6 cm³/mol. The summed E-state index contributed by atoms with van der Waals surface area (Å²) in [4.78, 5) is 0. The van der Waals surface area contributed by atoms with Crippen LogP contribution in [0.15, 0.2) is 30.3 Å². The fraction of sp³-hybridized carbons (Fsp3) is 0.538. The summed E-state index contributed by atoms with van der Waals surface area (Å²) in [5, 5.41) is 3.62. The molecular formula is C13H20N2. The fourth-order valence-corrected chi connectivity index (χ4v) is 2.35. The van der Waals surface area contributed by atoms with E-state index in [0.29, 0.717) is 18.1 Å². The number of nitrogens with two attached hydrogens (primary N) is 1. The molecule has 0 radical (unpaired) electrons. The summed E-state index contributed by atoms with van der Waals surface area (Å²) in [6.45, 7) is 2.21. The van der Waals surface area contributed by atoms with E-state index in [9.17, 15) is 0 Å². The Hall–Kier alpha value is -0.860. The largest absolute Gasteiger partial charge is 0.326 e. The molecule has 1 aromatic carbocycles. The van der Waals surface area contributed by atoms with Crippen LogP contribution in [0.25, 0.3) is 0 Å². The maximum absolute atomic E-state index is 6.04. The van der Waals surface area contributed by atoms with Gasteiger partial charge in [-0.25, -0.2) is 0 Å². The lowest BCUT2D eigenvalue weighted by Crippen LogP contribution is -2.41. The Kier molecular flexibility index (Phi) is 3.39. The predicted octanol–water partition coefficient (Wildman–Crippen LogP) is 2.22. The molecule has 15 heavy (non-hydrogen) atoms. The molecule has 3 N–H and O–H groups in total. The first kappa shape index (κ1) is 10.7. The molecule has 3 atom stereocenters. The number of nitrogens with one attached hydrogen (secondary N) is 1. The lowest BCUT2D eigenvalue weighted by Gasteiger charge is -2.22. The Morgan fingerprint density at radius 3 is 2.60 bits per heavy atom. The number of hydrogen-bond acceptors (Lipinski definition) is 2. The van der Waals surface area contributed by atoms with Gasteiger partial charge in [-0.15, -0.1) is 0 Å². The third-order valence-electron chi connectivity index (χ3n) is 3.33. The summed E-state index contributed by atoms with van der Waals surface area (Å²) >= 11 is 0. The van der Waals surface area contributed by atoms with Crippen molar-refractivity contribution in [1.29, 1.82) is 0 Å². The molecule has 1 aliphatic rings. The molecule has 82 valence electrons. The third-order valence-corrected chi connectivity index (χ3v) is 3.33. The molecule has 0 bridgehead atoms. The van der Waals surface area contributed by atoms with Gasteiger partial charge in [-0.3, -0.25) is 0 Å². The van der Waals surface area contributed by atoms with Crippen LogP contribution in [-0.4, -0.2) is 12.1 Å². The normalized spacial score (nSPS) is 27.9. The highest BCUT2D eigenvalue weighted by Crippen LogP contribution is 2.21. The molecule has 0 spiro atoms. The molecule has 2 nitrogen and oxygen atoms in total. The second-order valence-corrected chi connectivity index (χ2v) is 4.50. The average molecular weight is 204 g/mol. The summed E-state index contributed by atoms with van der Waals surface area (Å²) in [7, 11) is 0. The van der Waals surface area contributed by atoms with Crippen molar-refractivity contribution >= 4 is 0 Å². The topological polar surface area (TPSA) is 38.0 Å². The quantitative estimate of drug-likeness (QED) is 0.792. The molecule has 1 fully saturated rings. The van der Waals surface area contributed by atoms with Crippen LogP contribution >= 0.6 is 0 Å². The van der Waals surface area contributed by atoms with Gasteiger partial charge in [0.25, 0.3) is 0 Å². The van der Waals surface area contributed by atoms with E-state index in [0.717, 1.165) is 0 Å². The van der Waals surface area contributed by atoms with E-state index in [1.54, 1.807) is 0 Å². The summed E-state index contributed by atoms with van der Waals surface area (Å²) in [5.74, 6) is 0. The van der Waals surface area contributed by atoms with Crippen molar-refractivity contribution in [3.05, 3.63) is 35.9 Å². The van der Waals surface area contributed by atoms with Crippen molar-refractivity contribution in [2.24, 2.45) is 5.73 Å². The maximum atomic E-state index is 6.04. The van der Waals surface area contributed by atoms with Crippen molar-refractivity contribution in [1.82, 2.24) is 5.32 Å². The average Bonchev–Trinajstić information content (AvgIpc) is 2.66. The first-order valence-corrected chi connectivity index (χ1v) is 5.84. The SMILES string of the molecule is C[C@H](N[C@H]1CCC[C@H]1N)c1ccccc1. The van der Waals surface area contributed by atoms with Gasteiger partial charge in [0.05, 0.1) is 0 Å². The highest BCUT2D eigenvalue weighted by Gasteiger charge is 2.24. The Bertz CT molecular complexity index is 297.